The molecule has 24 heavy (non-hydrogen) atoms. The van der Waals surface area contributed by atoms with E-state index in [1.807, 2.05) is 0 Å². The summed E-state index contributed by atoms with van der Waals surface area (Å²) in [4.78, 5) is 44.8. The van der Waals surface area contributed by atoms with Gasteiger partial charge in [-0.15, -0.1) is 0 Å². The molecule has 136 valence electrons. The fourth-order valence-electron chi connectivity index (χ4n) is 1.46. The Morgan fingerprint density at radius 3 is 2.21 bits per heavy atom. The van der Waals surface area contributed by atoms with Gasteiger partial charge < -0.3 is 26.2 Å². The molecule has 0 spiro atoms. The third-order valence-electron chi connectivity index (χ3n) is 2.60. The molecule has 2 atom stereocenters. The van der Waals surface area contributed by atoms with Gasteiger partial charge in [-0.25, -0.2) is 4.79 Å². The monoisotopic (exact) mass is 401 g/mol. The Hall–Kier alpha value is -1.65. The number of halogens is 2. The van der Waals surface area contributed by atoms with Crippen LogP contribution in [0.15, 0.2) is 10.7 Å². The number of hydrogen-bond acceptors (Lipinski definition) is 6. The van der Waals surface area contributed by atoms with Crippen molar-refractivity contribution in [1.82, 2.24) is 16.0 Å². The van der Waals surface area contributed by atoms with Gasteiger partial charge in [0, 0.05) is 18.4 Å². The normalized spacial score (nSPS) is 12.5. The van der Waals surface area contributed by atoms with Gasteiger partial charge in [-0.1, -0.05) is 23.2 Å². The van der Waals surface area contributed by atoms with E-state index in [-0.39, 0.29) is 23.1 Å². The maximum absolute atomic E-state index is 11.8. The third-order valence-corrected chi connectivity index (χ3v) is 3.18. The molecule has 9 nitrogen and oxygen atoms in total. The van der Waals surface area contributed by atoms with Gasteiger partial charge in [0.05, 0.1) is 0 Å². The zero-order valence-electron chi connectivity index (χ0n) is 12.3. The van der Waals surface area contributed by atoms with Crippen molar-refractivity contribution in [3.8, 4) is 0 Å². The lowest BCUT2D eigenvalue weighted by Crippen LogP contribution is -2.49. The van der Waals surface area contributed by atoms with Crippen LogP contribution in [0.3, 0.4) is 0 Å². The number of nitrogens with one attached hydrogen (secondary N) is 3. The minimum atomic E-state index is -1.23. The van der Waals surface area contributed by atoms with Crippen molar-refractivity contribution in [2.24, 2.45) is 0 Å². The second kappa shape index (κ2) is 11.8. The van der Waals surface area contributed by atoms with Gasteiger partial charge in [0.2, 0.25) is 11.8 Å². The molecule has 0 saturated heterocycles. The average molecular weight is 402 g/mol. The Kier molecular flexibility index (Phi) is 11.0. The van der Waals surface area contributed by atoms with Crippen LogP contribution in [0.2, 0.25) is 0 Å². The van der Waals surface area contributed by atoms with Crippen LogP contribution in [-0.4, -0.2) is 58.3 Å². The quantitative estimate of drug-likeness (QED) is 0.260. The fraction of sp³-hybridized carbons (Fsp3) is 0.500. The van der Waals surface area contributed by atoms with Crippen LogP contribution in [0.1, 0.15) is 12.8 Å². The van der Waals surface area contributed by atoms with Crippen molar-refractivity contribution in [2.45, 2.75) is 24.9 Å². The zero-order valence-corrected chi connectivity index (χ0v) is 14.7. The predicted molar refractivity (Wildman–Crippen MR) is 90.0 cm³/mol. The van der Waals surface area contributed by atoms with Gasteiger partial charge in [0.25, 0.3) is 0 Å². The lowest BCUT2D eigenvalue weighted by molar-refractivity contribution is -0.139. The smallest absolute Gasteiger partial charge is 0.326 e. The molecule has 5 N–H and O–H groups in total. The standard InChI is InChI=1S/C12H17Cl2N3O6S/c13-8(14)3-15-6(12(22)23)1-2-9(18)17-7(5-24)11(21)16-4-10(19)20/h3,6-7,15,24H,1-2,4-5H2,(H,16,21)(H,17,18)(H,19,20)(H,22,23)/t6-,7-/m0/s1. The maximum atomic E-state index is 11.8. The van der Waals surface area contributed by atoms with Crippen LogP contribution in [-0.2, 0) is 19.2 Å². The van der Waals surface area contributed by atoms with E-state index in [4.69, 9.17) is 33.4 Å². The molecule has 0 aromatic carbocycles. The van der Waals surface area contributed by atoms with Crippen LogP contribution < -0.4 is 16.0 Å². The lowest BCUT2D eigenvalue weighted by atomic mass is 10.1. The summed E-state index contributed by atoms with van der Waals surface area (Å²) in [6.45, 7) is -0.588. The van der Waals surface area contributed by atoms with E-state index in [2.05, 4.69) is 28.6 Å². The van der Waals surface area contributed by atoms with Crippen LogP contribution in [0, 0.1) is 0 Å². The molecule has 0 bridgehead atoms. The number of rotatable bonds is 11. The Labute approximate surface area is 153 Å². The largest absolute Gasteiger partial charge is 0.480 e. The number of carboxylic acid groups (broad SMARTS) is 2. The van der Waals surface area contributed by atoms with E-state index < -0.39 is 42.4 Å². The van der Waals surface area contributed by atoms with Gasteiger partial charge in [-0.05, 0) is 6.42 Å². The van der Waals surface area contributed by atoms with Crippen molar-refractivity contribution in [3.63, 3.8) is 0 Å². The first kappa shape index (κ1) is 22.4. The molecule has 0 aromatic rings. The molecule has 0 heterocycles. The minimum absolute atomic E-state index is 0.0532. The van der Waals surface area contributed by atoms with Gasteiger partial charge in [0.15, 0.2) is 0 Å². The van der Waals surface area contributed by atoms with Gasteiger partial charge in [0.1, 0.15) is 23.1 Å². The number of carbonyl (C=O) groups is 4. The first-order valence-corrected chi connectivity index (χ1v) is 7.96. The molecule has 0 rings (SSSR count). The molecule has 0 aromatic heterocycles. The summed E-state index contributed by atoms with van der Waals surface area (Å²) in [6, 6.07) is -2.13. The van der Waals surface area contributed by atoms with Crippen molar-refractivity contribution < 1.29 is 29.4 Å². The lowest BCUT2D eigenvalue weighted by Gasteiger charge is -2.17. The third kappa shape index (κ3) is 10.2. The Balaban J connectivity index is 4.47. The second-order valence-corrected chi connectivity index (χ2v) is 5.82. The van der Waals surface area contributed by atoms with Crippen LogP contribution >= 0.6 is 35.8 Å². The summed E-state index contributed by atoms with van der Waals surface area (Å²) < 4.78 is -0.170. The van der Waals surface area contributed by atoms with E-state index in [0.29, 0.717) is 0 Å². The van der Waals surface area contributed by atoms with Crippen molar-refractivity contribution in [1.29, 1.82) is 0 Å². The minimum Gasteiger partial charge on any atom is -0.480 e. The number of amides is 2. The molecule has 0 fully saturated rings. The van der Waals surface area contributed by atoms with Gasteiger partial charge >= 0.3 is 11.9 Å². The number of carbonyl (C=O) groups excluding carboxylic acids is 2. The summed E-state index contributed by atoms with van der Waals surface area (Å²) in [6.07, 6.45) is 0.790. The van der Waals surface area contributed by atoms with Crippen LogP contribution in [0.4, 0.5) is 0 Å². The maximum Gasteiger partial charge on any atom is 0.326 e. The first-order valence-electron chi connectivity index (χ1n) is 6.57. The highest BCUT2D eigenvalue weighted by molar-refractivity contribution is 7.80. The molecule has 0 aliphatic rings. The Bertz CT molecular complexity index is 513. The molecule has 12 heteroatoms. The van der Waals surface area contributed by atoms with Crippen molar-refractivity contribution in [3.05, 3.63) is 10.7 Å². The number of carboxylic acids is 2. The van der Waals surface area contributed by atoms with E-state index in [0.717, 1.165) is 6.20 Å². The molecule has 0 aliphatic heterocycles. The summed E-state index contributed by atoms with van der Waals surface area (Å²) >= 11 is 14.6. The summed E-state index contributed by atoms with van der Waals surface area (Å²) in [7, 11) is 0. The van der Waals surface area contributed by atoms with Gasteiger partial charge in [-0.3, -0.25) is 14.4 Å². The fourth-order valence-corrected chi connectivity index (χ4v) is 1.85. The van der Waals surface area contributed by atoms with Crippen molar-refractivity contribution in [2.75, 3.05) is 12.3 Å². The SMILES string of the molecule is O=C(O)CNC(=O)[C@H](CS)NC(=O)CC[C@H](NC=C(Cl)Cl)C(=O)O. The second-order valence-electron chi connectivity index (χ2n) is 4.44. The highest BCUT2D eigenvalue weighted by atomic mass is 35.5. The molecule has 2 amide bonds. The van der Waals surface area contributed by atoms with Crippen molar-refractivity contribution >= 4 is 59.6 Å². The molecule has 0 aliphatic carbocycles. The molecular weight excluding hydrogens is 385 g/mol. The van der Waals surface area contributed by atoms with Crippen LogP contribution in [0.5, 0.6) is 0 Å². The number of aliphatic carboxylic acids is 2. The molecule has 0 unspecified atom stereocenters. The summed E-state index contributed by atoms with van der Waals surface area (Å²) in [5.74, 6) is -3.78. The highest BCUT2D eigenvalue weighted by Crippen LogP contribution is 2.06. The Morgan fingerprint density at radius 1 is 1.12 bits per heavy atom. The number of thiol groups is 1. The zero-order chi connectivity index (χ0) is 18.7. The van der Waals surface area contributed by atoms with E-state index >= 15 is 0 Å². The molecular formula is C12H17Cl2N3O6S. The van der Waals surface area contributed by atoms with E-state index in [9.17, 15) is 19.2 Å². The predicted octanol–water partition coefficient (Wildman–Crippen LogP) is -0.299. The van der Waals surface area contributed by atoms with E-state index in [1.165, 1.54) is 0 Å². The highest BCUT2D eigenvalue weighted by Gasteiger charge is 2.22. The van der Waals surface area contributed by atoms with Crippen LogP contribution in [0.25, 0.3) is 0 Å². The number of hydrogen-bond donors (Lipinski definition) is 6. The topological polar surface area (TPSA) is 145 Å². The molecule has 0 radical (unpaired) electrons. The first-order chi connectivity index (χ1) is 11.2. The molecule has 0 saturated carbocycles. The Morgan fingerprint density at radius 2 is 1.75 bits per heavy atom. The summed E-state index contributed by atoms with van der Waals surface area (Å²) in [5.41, 5.74) is 0. The summed E-state index contributed by atoms with van der Waals surface area (Å²) in [5, 5.41) is 24.4. The van der Waals surface area contributed by atoms with E-state index in [1.54, 1.807) is 0 Å². The average Bonchev–Trinajstić information content (AvgIpc) is 2.49. The van der Waals surface area contributed by atoms with Gasteiger partial charge in [-0.2, -0.15) is 12.6 Å².